The summed E-state index contributed by atoms with van der Waals surface area (Å²) in [5.41, 5.74) is 1.49. The molecule has 0 saturated carbocycles. The molecule has 2 rings (SSSR count). The van der Waals surface area contributed by atoms with E-state index in [0.29, 0.717) is 17.2 Å². The van der Waals surface area contributed by atoms with Gasteiger partial charge in [0, 0.05) is 11.3 Å². The van der Waals surface area contributed by atoms with Gasteiger partial charge in [-0.05, 0) is 43.5 Å². The largest absolute Gasteiger partial charge is 0.466 e. The van der Waals surface area contributed by atoms with Crippen LogP contribution < -0.4 is 10.6 Å². The average molecular weight is 399 g/mol. The maximum Gasteiger partial charge on any atom is 0.341 e. The van der Waals surface area contributed by atoms with E-state index in [9.17, 15) is 14.4 Å². The van der Waals surface area contributed by atoms with Crippen molar-refractivity contribution in [3.05, 3.63) is 16.0 Å². The van der Waals surface area contributed by atoms with Gasteiger partial charge in [-0.25, -0.2) is 4.79 Å². The zero-order chi connectivity index (χ0) is 19.1. The molecule has 0 aromatic carbocycles. The number of fused-ring (bicyclic) bond motifs is 1. The first kappa shape index (κ1) is 20.3. The van der Waals surface area contributed by atoms with E-state index in [1.54, 1.807) is 0 Å². The van der Waals surface area contributed by atoms with Crippen LogP contribution in [0.2, 0.25) is 0 Å². The second-order valence-corrected chi connectivity index (χ2v) is 7.29. The molecule has 142 valence electrons. The zero-order valence-electron chi connectivity index (χ0n) is 14.8. The Kier molecular flexibility index (Phi) is 7.52. The summed E-state index contributed by atoms with van der Waals surface area (Å²) in [5, 5.41) is 6.09. The molecule has 1 aromatic rings. The van der Waals surface area contributed by atoms with E-state index in [2.05, 4.69) is 10.6 Å². The Hall–Kier alpha value is -2.00. The van der Waals surface area contributed by atoms with E-state index in [-0.39, 0.29) is 23.9 Å². The number of thiocarbonyl (C=S) groups is 1. The van der Waals surface area contributed by atoms with Crippen LogP contribution in [0, 0.1) is 0 Å². The van der Waals surface area contributed by atoms with Crippen LogP contribution in [0.25, 0.3) is 0 Å². The quantitative estimate of drug-likeness (QED) is 0.538. The monoisotopic (exact) mass is 398 g/mol. The summed E-state index contributed by atoms with van der Waals surface area (Å²) in [6, 6.07) is 0. The van der Waals surface area contributed by atoms with Gasteiger partial charge in [0.1, 0.15) is 5.00 Å². The van der Waals surface area contributed by atoms with Gasteiger partial charge in [-0.2, -0.15) is 0 Å². The summed E-state index contributed by atoms with van der Waals surface area (Å²) in [6.07, 6.45) is 3.48. The topological polar surface area (TPSA) is 93.7 Å². The molecule has 0 unspecified atom stereocenters. The predicted octanol–water partition coefficient (Wildman–Crippen LogP) is 2.57. The fraction of sp³-hybridized carbons (Fsp3) is 0.529. The normalized spacial score (nSPS) is 12.2. The van der Waals surface area contributed by atoms with Crippen molar-refractivity contribution in [3.63, 3.8) is 0 Å². The highest BCUT2D eigenvalue weighted by atomic mass is 32.1. The SMILES string of the molecule is CCCOC(=O)CCC(=O)NC(=S)Nc1sc2c(c1C(=O)OC)CCC2. The first-order valence-corrected chi connectivity index (χ1v) is 9.68. The number of carbonyl (C=O) groups excluding carboxylic acids is 3. The number of methoxy groups -OCH3 is 1. The maximum atomic E-state index is 12.1. The second-order valence-electron chi connectivity index (χ2n) is 5.78. The van der Waals surface area contributed by atoms with Crippen LogP contribution in [0.1, 0.15) is 53.4 Å². The van der Waals surface area contributed by atoms with Gasteiger partial charge in [-0.15, -0.1) is 11.3 Å². The minimum atomic E-state index is -0.417. The van der Waals surface area contributed by atoms with Crippen LogP contribution in [0.5, 0.6) is 0 Å². The van der Waals surface area contributed by atoms with Crippen molar-refractivity contribution in [1.29, 1.82) is 0 Å². The van der Waals surface area contributed by atoms with Gasteiger partial charge in [-0.3, -0.25) is 9.59 Å². The summed E-state index contributed by atoms with van der Waals surface area (Å²) >= 11 is 6.60. The molecular formula is C17H22N2O5S2. The van der Waals surface area contributed by atoms with Crippen LogP contribution >= 0.6 is 23.6 Å². The minimum Gasteiger partial charge on any atom is -0.466 e. The smallest absolute Gasteiger partial charge is 0.341 e. The average Bonchev–Trinajstić information content (AvgIpc) is 3.17. The number of thiophene rings is 1. The van der Waals surface area contributed by atoms with Crippen molar-refractivity contribution in [1.82, 2.24) is 5.32 Å². The van der Waals surface area contributed by atoms with E-state index >= 15 is 0 Å². The van der Waals surface area contributed by atoms with Gasteiger partial charge in [0.05, 0.1) is 25.7 Å². The number of carbonyl (C=O) groups is 3. The van der Waals surface area contributed by atoms with Crippen LogP contribution in [0.3, 0.4) is 0 Å². The number of esters is 2. The standard InChI is InChI=1S/C17H22N2O5S2/c1-3-9-24-13(21)8-7-12(20)18-17(25)19-15-14(16(22)23-2)10-5-4-6-11(10)26-15/h3-9H2,1-2H3,(H2,18,19,20,25). The molecule has 0 atom stereocenters. The van der Waals surface area contributed by atoms with Crippen LogP contribution in [0.4, 0.5) is 5.00 Å². The lowest BCUT2D eigenvalue weighted by atomic mass is 10.1. The third kappa shape index (κ3) is 5.25. The molecule has 0 saturated heterocycles. The number of nitrogens with one attached hydrogen (secondary N) is 2. The third-order valence-electron chi connectivity index (χ3n) is 3.81. The molecular weight excluding hydrogens is 376 g/mol. The zero-order valence-corrected chi connectivity index (χ0v) is 16.4. The first-order chi connectivity index (χ1) is 12.5. The van der Waals surface area contributed by atoms with E-state index < -0.39 is 11.9 Å². The molecule has 9 heteroatoms. The van der Waals surface area contributed by atoms with Gasteiger partial charge >= 0.3 is 11.9 Å². The summed E-state index contributed by atoms with van der Waals surface area (Å²) in [4.78, 5) is 36.5. The molecule has 2 N–H and O–H groups in total. The molecule has 26 heavy (non-hydrogen) atoms. The molecule has 0 fully saturated rings. The Balaban J connectivity index is 1.91. The Morgan fingerprint density at radius 2 is 2.00 bits per heavy atom. The molecule has 0 spiro atoms. The first-order valence-electron chi connectivity index (χ1n) is 8.45. The van der Waals surface area contributed by atoms with Crippen LogP contribution in [-0.4, -0.2) is 36.7 Å². The van der Waals surface area contributed by atoms with E-state index in [1.165, 1.54) is 18.4 Å². The number of aryl methyl sites for hydroxylation is 1. The lowest BCUT2D eigenvalue weighted by Gasteiger charge is -2.10. The highest BCUT2D eigenvalue weighted by Crippen LogP contribution is 2.39. The Morgan fingerprint density at radius 1 is 1.23 bits per heavy atom. The summed E-state index contributed by atoms with van der Waals surface area (Å²) in [7, 11) is 1.34. The molecule has 1 aliphatic rings. The predicted molar refractivity (Wildman–Crippen MR) is 103 cm³/mol. The molecule has 1 aromatic heterocycles. The molecule has 1 amide bonds. The highest BCUT2D eigenvalue weighted by Gasteiger charge is 2.27. The van der Waals surface area contributed by atoms with Gasteiger partial charge in [-0.1, -0.05) is 6.92 Å². The molecule has 1 aliphatic carbocycles. The van der Waals surface area contributed by atoms with Crippen molar-refractivity contribution in [2.75, 3.05) is 19.0 Å². The van der Waals surface area contributed by atoms with Gasteiger partial charge in [0.15, 0.2) is 5.11 Å². The summed E-state index contributed by atoms with van der Waals surface area (Å²) < 4.78 is 9.78. The third-order valence-corrected chi connectivity index (χ3v) is 5.23. The molecule has 1 heterocycles. The van der Waals surface area contributed by atoms with Crippen molar-refractivity contribution in [2.24, 2.45) is 0 Å². The number of anilines is 1. The van der Waals surface area contributed by atoms with Gasteiger partial charge < -0.3 is 20.1 Å². The van der Waals surface area contributed by atoms with Crippen molar-refractivity contribution in [2.45, 2.75) is 45.4 Å². The van der Waals surface area contributed by atoms with Gasteiger partial charge in [0.2, 0.25) is 5.91 Å². The Morgan fingerprint density at radius 3 is 2.69 bits per heavy atom. The van der Waals surface area contributed by atoms with E-state index in [4.69, 9.17) is 21.7 Å². The molecule has 0 bridgehead atoms. The second kappa shape index (κ2) is 9.63. The number of rotatable bonds is 7. The number of hydrogen-bond acceptors (Lipinski definition) is 7. The fourth-order valence-electron chi connectivity index (χ4n) is 2.64. The van der Waals surface area contributed by atoms with Crippen LogP contribution in [0.15, 0.2) is 0 Å². The lowest BCUT2D eigenvalue weighted by Crippen LogP contribution is -2.34. The van der Waals surface area contributed by atoms with Gasteiger partial charge in [0.25, 0.3) is 0 Å². The van der Waals surface area contributed by atoms with E-state index in [1.807, 2.05) is 6.92 Å². The minimum absolute atomic E-state index is 0.00481. The Bertz CT molecular complexity index is 714. The number of hydrogen-bond donors (Lipinski definition) is 2. The van der Waals surface area contributed by atoms with Crippen molar-refractivity contribution >= 4 is 51.5 Å². The summed E-state index contributed by atoms with van der Waals surface area (Å²) in [5.74, 6) is -1.22. The van der Waals surface area contributed by atoms with Crippen molar-refractivity contribution < 1.29 is 23.9 Å². The number of ether oxygens (including phenoxy) is 2. The Labute approximate surface area is 161 Å². The molecule has 0 aliphatic heterocycles. The van der Waals surface area contributed by atoms with E-state index in [0.717, 1.165) is 36.1 Å². The number of amides is 1. The van der Waals surface area contributed by atoms with Crippen LogP contribution in [-0.2, 0) is 31.9 Å². The fourth-order valence-corrected chi connectivity index (χ4v) is 4.20. The summed E-state index contributed by atoms with van der Waals surface area (Å²) in [6.45, 7) is 2.24. The van der Waals surface area contributed by atoms with Crippen molar-refractivity contribution in [3.8, 4) is 0 Å². The lowest BCUT2D eigenvalue weighted by molar-refractivity contribution is -0.144. The maximum absolute atomic E-state index is 12.1. The highest BCUT2D eigenvalue weighted by molar-refractivity contribution is 7.80. The molecule has 0 radical (unpaired) electrons. The molecule has 7 nitrogen and oxygen atoms in total.